The second kappa shape index (κ2) is 23.2. The van der Waals surface area contributed by atoms with Gasteiger partial charge >= 0.3 is 0 Å². The van der Waals surface area contributed by atoms with E-state index in [1.807, 2.05) is 70.2 Å². The Hall–Kier alpha value is -7.08. The van der Waals surface area contributed by atoms with Crippen LogP contribution < -0.4 is 30.3 Å². The zero-order valence-electron chi connectivity index (χ0n) is 45.2. The van der Waals surface area contributed by atoms with Crippen LogP contribution in [-0.4, -0.2) is 156 Å². The molecule has 5 fully saturated rings. The molecule has 5 aliphatic rings. The van der Waals surface area contributed by atoms with Gasteiger partial charge < -0.3 is 54.7 Å². The van der Waals surface area contributed by atoms with Gasteiger partial charge in [-0.2, -0.15) is 0 Å². The zero-order chi connectivity index (χ0) is 55.8. The molecule has 4 aliphatic heterocycles. The van der Waals surface area contributed by atoms with Gasteiger partial charge in [0.15, 0.2) is 18.2 Å². The summed E-state index contributed by atoms with van der Waals surface area (Å²) in [6.07, 6.45) is 7.27. The third-order valence-corrected chi connectivity index (χ3v) is 17.2. The first-order valence-corrected chi connectivity index (χ1v) is 28.5. The van der Waals surface area contributed by atoms with Crippen LogP contribution in [0, 0.1) is 12.8 Å². The van der Waals surface area contributed by atoms with Gasteiger partial charge in [-0.25, -0.2) is 18.7 Å². The highest BCUT2D eigenvalue weighted by Crippen LogP contribution is 2.41. The summed E-state index contributed by atoms with van der Waals surface area (Å²) >= 11 is 1.50. The lowest BCUT2D eigenvalue weighted by Crippen LogP contribution is -2.54. The largest absolute Gasteiger partial charge is 0.507 e. The van der Waals surface area contributed by atoms with Crippen LogP contribution in [0.2, 0.25) is 0 Å². The first-order valence-electron chi connectivity index (χ1n) is 27.6. The van der Waals surface area contributed by atoms with Gasteiger partial charge in [-0.1, -0.05) is 32.0 Å². The number of benzene rings is 1. The normalized spacial score (nSPS) is 23.3. The van der Waals surface area contributed by atoms with E-state index in [2.05, 4.69) is 45.4 Å². The number of phenolic OH excluding ortho intramolecular Hbond substituents is 1. The van der Waals surface area contributed by atoms with Gasteiger partial charge in [-0.3, -0.25) is 19.5 Å². The average Bonchev–Trinajstić information content (AvgIpc) is 4.31. The van der Waals surface area contributed by atoms with Crippen LogP contribution in [-0.2, 0) is 14.3 Å². The summed E-state index contributed by atoms with van der Waals surface area (Å²) in [6, 6.07) is 17.2. The Morgan fingerprint density at radius 3 is 2.39 bits per heavy atom. The van der Waals surface area contributed by atoms with Gasteiger partial charge in [0.2, 0.25) is 17.7 Å². The number of nitrogens with zero attached hydrogens (tertiary/aromatic N) is 10. The molecular formula is C57H68F2N12O8S. The lowest BCUT2D eigenvalue weighted by atomic mass is 9.91. The number of para-hydroxylation sites is 1. The number of hydrogen-bond donors (Lipinski definition) is 4. The first-order chi connectivity index (χ1) is 38.5. The lowest BCUT2D eigenvalue weighted by molar-refractivity contribution is -0.141. The quantitative estimate of drug-likeness (QED) is 0.0627. The van der Waals surface area contributed by atoms with E-state index < -0.39 is 55.0 Å². The molecule has 6 aromatic rings. The zero-order valence-corrected chi connectivity index (χ0v) is 46.1. The number of nitrogens with one attached hydrogen (secondary N) is 1. The van der Waals surface area contributed by atoms with E-state index in [9.17, 15) is 19.8 Å². The van der Waals surface area contributed by atoms with Crippen molar-refractivity contribution < 1.29 is 47.3 Å². The van der Waals surface area contributed by atoms with Crippen molar-refractivity contribution in [2.75, 3.05) is 61.4 Å². The van der Waals surface area contributed by atoms with Crippen LogP contribution in [0.15, 0.2) is 83.1 Å². The number of alkyl halides is 2. The van der Waals surface area contributed by atoms with Crippen molar-refractivity contribution in [1.82, 2.24) is 45.4 Å². The Balaban J connectivity index is 0.607. The maximum Gasteiger partial charge on any atom is 0.293 e. The molecule has 80 heavy (non-hydrogen) atoms. The summed E-state index contributed by atoms with van der Waals surface area (Å²) in [4.78, 5) is 50.1. The van der Waals surface area contributed by atoms with Gasteiger partial charge in [0.25, 0.3) is 11.8 Å². The van der Waals surface area contributed by atoms with Crippen LogP contribution in [0.4, 0.5) is 26.0 Å². The number of phenols is 1. The highest BCUT2D eigenvalue weighted by molar-refractivity contribution is 7.13. The number of anilines is 3. The number of carbonyl (C=O) groups is 2. The fraction of sp³-hybridized carbons (Fsp3) is 0.509. The first kappa shape index (κ1) is 54.9. The number of aliphatic hydroxyl groups excluding tert-OH is 1. The number of amides is 2. The molecule has 1 aliphatic carbocycles. The summed E-state index contributed by atoms with van der Waals surface area (Å²) < 4.78 is 54.8. The minimum Gasteiger partial charge on any atom is -0.507 e. The molecule has 2 amide bonds. The van der Waals surface area contributed by atoms with Crippen LogP contribution in [0.1, 0.15) is 94.7 Å². The number of piperazine rings is 1. The number of β-amino-alcohol motifs (C(OH)–C–C–N with tert-alkyl or cyclic N) is 1. The van der Waals surface area contributed by atoms with Crippen molar-refractivity contribution in [2.45, 2.75) is 133 Å². The number of aliphatic hydroxyl groups is 1. The van der Waals surface area contributed by atoms with Gasteiger partial charge in [0.1, 0.15) is 23.8 Å². The maximum absolute atomic E-state index is 15.5. The monoisotopic (exact) mass is 1120 g/mol. The number of aryl methyl sites for hydroxylation is 1. The number of thiazole rings is 1. The molecule has 1 aromatic carbocycles. The molecule has 6 atom stereocenters. The average molecular weight is 1120 g/mol. The van der Waals surface area contributed by atoms with Crippen molar-refractivity contribution in [1.29, 1.82) is 0 Å². The Morgan fingerprint density at radius 1 is 0.900 bits per heavy atom. The molecule has 5 aromatic heterocycles. The SMILES string of the molecule is Cc1ncsc1-c1ccc([C@H](C)NC(=O)[C@@H]2C[C@@H](O)CN2C(=O)[C@@H](c2cc(OCC(F)(F)CN3CCC(OC4CC(Oc5cc(N6C7CCC6CN(c6cc(-c8ccccc8O)nnc6N)C7)ccn5)C4)CC3)no2)C(C)C)cn1. The highest BCUT2D eigenvalue weighted by atomic mass is 32.1. The van der Waals surface area contributed by atoms with Crippen molar-refractivity contribution in [3.8, 4) is 39.3 Å². The molecule has 1 saturated carbocycles. The van der Waals surface area contributed by atoms with Gasteiger partial charge in [-0.05, 0) is 86.5 Å². The number of piperidine rings is 1. The number of fused-ring (bicyclic) bond motifs is 2. The van der Waals surface area contributed by atoms with Gasteiger partial charge in [-0.15, -0.1) is 21.5 Å². The molecule has 5 N–H and O–H groups in total. The Labute approximate surface area is 466 Å². The molecular weight excluding hydrogens is 1050 g/mol. The number of hydrogen-bond acceptors (Lipinski definition) is 19. The molecule has 0 radical (unpaired) electrons. The molecule has 23 heteroatoms. The molecule has 2 bridgehead atoms. The number of nitrogens with two attached hydrogens (primary N) is 1. The lowest BCUT2D eigenvalue weighted by Gasteiger charge is -2.43. The van der Waals surface area contributed by atoms with Gasteiger partial charge in [0.05, 0.1) is 64.1 Å². The third kappa shape index (κ3) is 12.0. The number of carbonyl (C=O) groups excluding carboxylic acids is 2. The van der Waals surface area contributed by atoms with Crippen LogP contribution in [0.5, 0.6) is 17.5 Å². The van der Waals surface area contributed by atoms with Crippen LogP contribution >= 0.6 is 11.3 Å². The summed E-state index contributed by atoms with van der Waals surface area (Å²) in [6.45, 7) is 8.24. The van der Waals surface area contributed by atoms with E-state index in [1.54, 1.807) is 34.9 Å². The van der Waals surface area contributed by atoms with E-state index >= 15 is 8.78 Å². The number of halogens is 2. The number of ether oxygens (including phenoxy) is 3. The van der Waals surface area contributed by atoms with Crippen molar-refractivity contribution in [2.24, 2.45) is 5.92 Å². The van der Waals surface area contributed by atoms with Crippen LogP contribution in [0.3, 0.4) is 0 Å². The molecule has 11 rings (SSSR count). The topological polar surface area (TPSA) is 244 Å². The van der Waals surface area contributed by atoms with E-state index in [4.69, 9.17) is 24.5 Å². The fourth-order valence-corrected chi connectivity index (χ4v) is 12.8. The molecule has 424 valence electrons. The Morgan fingerprint density at radius 2 is 1.68 bits per heavy atom. The Kier molecular flexibility index (Phi) is 15.9. The molecule has 0 spiro atoms. The van der Waals surface area contributed by atoms with Crippen LogP contribution in [0.25, 0.3) is 21.8 Å². The summed E-state index contributed by atoms with van der Waals surface area (Å²) in [5, 5.41) is 36.5. The van der Waals surface area contributed by atoms with Crippen molar-refractivity contribution >= 4 is 40.3 Å². The van der Waals surface area contributed by atoms with E-state index in [0.717, 1.165) is 59.1 Å². The number of nitrogen functional groups attached to an aromatic ring is 1. The molecule has 20 nitrogen and oxygen atoms in total. The summed E-state index contributed by atoms with van der Waals surface area (Å²) in [5.74, 6) is -4.37. The van der Waals surface area contributed by atoms with E-state index in [-0.39, 0.29) is 66.7 Å². The number of rotatable bonds is 19. The standard InChI is InChI=1S/C57H68F2N12O8S/c1-32(2)52(56(75)70-28-39(72)20-47(70)55(74)64-33(3)35-9-12-44(62-25-35)53-34(4)63-31-80-53)49-24-51(67-79-49)76-30-57(58,59)29-68-17-14-40(15-18-68)77-41-21-42(22-41)78-50-19-36(13-16-61-50)71-37-10-11-38(71)27-69(26-37)46-23-45(65-66-54(46)60)43-7-5-6-8-48(43)73/h5-9,12-13,16,19,23-25,31-33,37-42,47,52,72-73H,10-11,14-15,17-18,20-22,26-30H2,1-4H3,(H2,60,66)(H,64,74)/t33-,37?,38?,39+,41?,42?,47-,52+/m0/s1. The minimum atomic E-state index is -3.22. The van der Waals surface area contributed by atoms with Gasteiger partial charge in [0, 0.05) is 99.8 Å². The third-order valence-electron chi connectivity index (χ3n) is 16.2. The predicted molar refractivity (Wildman–Crippen MR) is 295 cm³/mol. The number of pyridine rings is 2. The number of aromatic nitrogens is 6. The minimum absolute atomic E-state index is 0.0155. The molecule has 2 unspecified atom stereocenters. The number of likely N-dealkylation sites (tertiary alicyclic amines) is 2. The highest BCUT2D eigenvalue weighted by Gasteiger charge is 2.45. The van der Waals surface area contributed by atoms with E-state index in [1.165, 1.54) is 22.3 Å². The smallest absolute Gasteiger partial charge is 0.293 e. The Bertz CT molecular complexity index is 3120. The predicted octanol–water partition coefficient (Wildman–Crippen LogP) is 7.18. The number of aromatic hydroxyl groups is 1. The second-order valence-electron chi connectivity index (χ2n) is 22.3. The van der Waals surface area contributed by atoms with E-state index in [0.29, 0.717) is 61.7 Å². The molecule has 4 saturated heterocycles. The summed E-state index contributed by atoms with van der Waals surface area (Å²) in [5.41, 5.74) is 13.6. The summed E-state index contributed by atoms with van der Waals surface area (Å²) in [7, 11) is 0. The van der Waals surface area contributed by atoms with Crippen molar-refractivity contribution in [3.05, 3.63) is 95.6 Å². The van der Waals surface area contributed by atoms with Crippen molar-refractivity contribution in [3.63, 3.8) is 0 Å². The maximum atomic E-state index is 15.5. The molecule has 9 heterocycles. The second-order valence-corrected chi connectivity index (χ2v) is 23.2. The fourth-order valence-electron chi connectivity index (χ4n) is 12.0.